The van der Waals surface area contributed by atoms with E-state index in [2.05, 4.69) is 31.5 Å². The molecule has 0 aromatic heterocycles. The minimum absolute atomic E-state index is 0.933. The van der Waals surface area contributed by atoms with E-state index in [0.29, 0.717) is 0 Å². The maximum atomic E-state index is 5.25. The van der Waals surface area contributed by atoms with E-state index >= 15 is 0 Å². The Balaban J connectivity index is 3.70. The van der Waals surface area contributed by atoms with Crippen molar-refractivity contribution in [3.63, 3.8) is 0 Å². The minimum atomic E-state index is 0.933. The van der Waals surface area contributed by atoms with Crippen LogP contribution in [-0.2, 0) is 0 Å². The van der Waals surface area contributed by atoms with E-state index in [1.54, 1.807) is 0 Å². The summed E-state index contributed by atoms with van der Waals surface area (Å²) in [6.07, 6.45) is 10.5. The molecule has 0 aliphatic heterocycles. The summed E-state index contributed by atoms with van der Waals surface area (Å²) >= 11 is 5.25. The fourth-order valence-corrected chi connectivity index (χ4v) is 1.22. The van der Waals surface area contributed by atoms with Crippen LogP contribution in [0.4, 0.5) is 0 Å². The highest BCUT2D eigenvalue weighted by Crippen LogP contribution is 1.98. The van der Waals surface area contributed by atoms with E-state index in [9.17, 15) is 0 Å². The lowest BCUT2D eigenvalue weighted by molar-refractivity contribution is 0.494. The largest absolute Gasteiger partial charge is 0.366 e. The van der Waals surface area contributed by atoms with Gasteiger partial charge in [-0.1, -0.05) is 37.7 Å². The average Bonchev–Trinajstić information content (AvgIpc) is 2.20. The molecule has 0 rings (SSSR count). The predicted octanol–water partition coefficient (Wildman–Crippen LogP) is 3.57. The fourth-order valence-electron chi connectivity index (χ4n) is 1.03. The van der Waals surface area contributed by atoms with Crippen molar-refractivity contribution in [3.8, 4) is 0 Å². The van der Waals surface area contributed by atoms with Crippen LogP contribution in [0.1, 0.15) is 32.6 Å². The van der Waals surface area contributed by atoms with Gasteiger partial charge in [-0.2, -0.15) is 0 Å². The number of likely N-dealkylation sites (N-methyl/N-ethyl adjacent to an activating group) is 1. The Morgan fingerprint density at radius 2 is 2.14 bits per heavy atom. The molecule has 0 bridgehead atoms. The van der Waals surface area contributed by atoms with Gasteiger partial charge in [0, 0.05) is 13.6 Å². The van der Waals surface area contributed by atoms with Gasteiger partial charge < -0.3 is 4.90 Å². The van der Waals surface area contributed by atoms with Gasteiger partial charge >= 0.3 is 0 Å². The summed E-state index contributed by atoms with van der Waals surface area (Å²) in [5, 5.41) is 0. The van der Waals surface area contributed by atoms with Crippen molar-refractivity contribution in [2.24, 2.45) is 0 Å². The van der Waals surface area contributed by atoms with Crippen molar-refractivity contribution in [2.45, 2.75) is 32.6 Å². The Bertz CT molecular complexity index is 196. The van der Waals surface area contributed by atoms with Gasteiger partial charge in [-0.25, -0.2) is 0 Å². The Morgan fingerprint density at radius 1 is 1.43 bits per heavy atom. The predicted molar refractivity (Wildman–Crippen MR) is 68.7 cm³/mol. The molecule has 0 amide bonds. The molecular formula is C12H21NS. The molecule has 14 heavy (non-hydrogen) atoms. The molecule has 0 fully saturated rings. The van der Waals surface area contributed by atoms with Crippen molar-refractivity contribution < 1.29 is 0 Å². The van der Waals surface area contributed by atoms with E-state index in [4.69, 9.17) is 12.2 Å². The third-order valence-electron chi connectivity index (χ3n) is 2.02. The molecule has 0 aromatic carbocycles. The lowest BCUT2D eigenvalue weighted by Crippen LogP contribution is -2.24. The highest BCUT2D eigenvalue weighted by atomic mass is 32.1. The highest BCUT2D eigenvalue weighted by Gasteiger charge is 1.98. The minimum Gasteiger partial charge on any atom is -0.366 e. The molecule has 0 unspecified atom stereocenters. The molecule has 0 aliphatic carbocycles. The molecule has 0 saturated heterocycles. The van der Waals surface area contributed by atoms with Gasteiger partial charge in [0.1, 0.15) is 4.99 Å². The van der Waals surface area contributed by atoms with Crippen LogP contribution in [0.3, 0.4) is 0 Å². The van der Waals surface area contributed by atoms with Crippen LogP contribution in [0.25, 0.3) is 0 Å². The highest BCUT2D eigenvalue weighted by molar-refractivity contribution is 7.80. The lowest BCUT2D eigenvalue weighted by atomic mass is 10.3. The molecule has 0 spiro atoms. The summed E-state index contributed by atoms with van der Waals surface area (Å²) in [6, 6.07) is 0. The van der Waals surface area contributed by atoms with Crippen molar-refractivity contribution in [2.75, 3.05) is 13.6 Å². The summed E-state index contributed by atoms with van der Waals surface area (Å²) in [5.41, 5.74) is 0. The Hall–Kier alpha value is -0.630. The normalized spacial score (nSPS) is 10.4. The van der Waals surface area contributed by atoms with Crippen LogP contribution in [0.5, 0.6) is 0 Å². The summed E-state index contributed by atoms with van der Waals surface area (Å²) < 4.78 is 0. The number of thiocarbonyl (C=S) groups is 1. The number of unbranched alkanes of at least 4 members (excludes halogenated alkanes) is 2. The van der Waals surface area contributed by atoms with Gasteiger partial charge in [0.15, 0.2) is 0 Å². The zero-order chi connectivity index (χ0) is 10.8. The molecule has 0 heterocycles. The first kappa shape index (κ1) is 13.4. The second-order valence-electron chi connectivity index (χ2n) is 3.38. The second kappa shape index (κ2) is 8.95. The molecule has 1 nitrogen and oxygen atoms in total. The zero-order valence-corrected chi connectivity index (χ0v) is 10.1. The van der Waals surface area contributed by atoms with Crippen LogP contribution in [-0.4, -0.2) is 23.5 Å². The summed E-state index contributed by atoms with van der Waals surface area (Å²) in [5.74, 6) is 0. The maximum absolute atomic E-state index is 5.25. The first-order valence-electron chi connectivity index (χ1n) is 5.25. The van der Waals surface area contributed by atoms with Crippen LogP contribution >= 0.6 is 12.2 Å². The van der Waals surface area contributed by atoms with E-state index < -0.39 is 0 Å². The number of hydrogen-bond donors (Lipinski definition) is 0. The summed E-state index contributed by atoms with van der Waals surface area (Å²) in [7, 11) is 2.05. The van der Waals surface area contributed by atoms with Gasteiger partial charge in [-0.15, -0.1) is 6.58 Å². The van der Waals surface area contributed by atoms with Crippen molar-refractivity contribution in [1.82, 2.24) is 4.90 Å². The molecule has 2 heteroatoms. The topological polar surface area (TPSA) is 3.24 Å². The van der Waals surface area contributed by atoms with E-state index in [-0.39, 0.29) is 0 Å². The number of allylic oxidation sites excluding steroid dienone is 2. The van der Waals surface area contributed by atoms with Crippen LogP contribution in [0.2, 0.25) is 0 Å². The monoisotopic (exact) mass is 211 g/mol. The van der Waals surface area contributed by atoms with Gasteiger partial charge in [-0.05, 0) is 25.3 Å². The van der Waals surface area contributed by atoms with Crippen molar-refractivity contribution in [1.29, 1.82) is 0 Å². The van der Waals surface area contributed by atoms with Crippen LogP contribution in [0, 0.1) is 0 Å². The quantitative estimate of drug-likeness (QED) is 0.274. The lowest BCUT2D eigenvalue weighted by Gasteiger charge is -2.16. The van der Waals surface area contributed by atoms with Crippen molar-refractivity contribution >= 4 is 17.2 Å². The third-order valence-corrected chi connectivity index (χ3v) is 2.47. The first-order chi connectivity index (χ1) is 6.72. The molecule has 0 radical (unpaired) electrons. The standard InChI is InChI=1S/C12H21NS/c1-4-6-8-9-10-12(14)13(3)11-7-5-2/h4,9-10H,1,5-8,11H2,2-3H3/b10-9+. The fraction of sp³-hybridized carbons (Fsp3) is 0.583. The smallest absolute Gasteiger partial charge is 0.101 e. The Kier molecular flexibility index (Phi) is 8.54. The molecule has 0 aliphatic rings. The maximum Gasteiger partial charge on any atom is 0.101 e. The molecule has 0 saturated carbocycles. The molecule has 0 aromatic rings. The second-order valence-corrected chi connectivity index (χ2v) is 3.80. The third kappa shape index (κ3) is 6.84. The molecular weight excluding hydrogens is 190 g/mol. The van der Waals surface area contributed by atoms with E-state index in [1.165, 1.54) is 12.8 Å². The van der Waals surface area contributed by atoms with Gasteiger partial charge in [0.2, 0.25) is 0 Å². The Labute approximate surface area is 93.5 Å². The molecule has 0 atom stereocenters. The van der Waals surface area contributed by atoms with Gasteiger partial charge in [0.25, 0.3) is 0 Å². The average molecular weight is 211 g/mol. The molecule has 0 N–H and O–H groups in total. The van der Waals surface area contributed by atoms with E-state index in [0.717, 1.165) is 24.4 Å². The van der Waals surface area contributed by atoms with Crippen LogP contribution in [0.15, 0.2) is 24.8 Å². The van der Waals surface area contributed by atoms with Crippen LogP contribution < -0.4 is 0 Å². The summed E-state index contributed by atoms with van der Waals surface area (Å²) in [4.78, 5) is 3.06. The van der Waals surface area contributed by atoms with E-state index in [1.807, 2.05) is 12.2 Å². The summed E-state index contributed by atoms with van der Waals surface area (Å²) in [6.45, 7) is 6.92. The van der Waals surface area contributed by atoms with Gasteiger partial charge in [0.05, 0.1) is 0 Å². The molecule has 80 valence electrons. The number of rotatable bonds is 7. The van der Waals surface area contributed by atoms with Crippen molar-refractivity contribution in [3.05, 3.63) is 24.8 Å². The van der Waals surface area contributed by atoms with Gasteiger partial charge in [-0.3, -0.25) is 0 Å². The number of nitrogens with zero attached hydrogens (tertiary/aromatic N) is 1. The number of hydrogen-bond acceptors (Lipinski definition) is 1. The Morgan fingerprint density at radius 3 is 2.71 bits per heavy atom. The first-order valence-corrected chi connectivity index (χ1v) is 5.65. The zero-order valence-electron chi connectivity index (χ0n) is 9.33. The SMILES string of the molecule is C=CCC/C=C/C(=S)N(C)CCCC.